The van der Waals surface area contributed by atoms with Crippen LogP contribution in [0.3, 0.4) is 0 Å². The summed E-state index contributed by atoms with van der Waals surface area (Å²) in [5.74, 6) is 1.09. The number of rotatable bonds is 4. The van der Waals surface area contributed by atoms with Crippen LogP contribution in [0.5, 0.6) is 11.5 Å². The zero-order chi connectivity index (χ0) is 14.5. The number of hydrogen-bond acceptors (Lipinski definition) is 4. The Morgan fingerprint density at radius 1 is 1.15 bits per heavy atom. The van der Waals surface area contributed by atoms with Crippen molar-refractivity contribution in [3.05, 3.63) is 58.6 Å². The first-order valence-electron chi connectivity index (χ1n) is 5.79. The Morgan fingerprint density at radius 2 is 1.80 bits per heavy atom. The van der Waals surface area contributed by atoms with E-state index in [-0.39, 0.29) is 12.4 Å². The van der Waals surface area contributed by atoms with Gasteiger partial charge in [-0.3, -0.25) is 0 Å². The molecule has 0 amide bonds. The average Bonchev–Trinajstić information content (AvgIpc) is 2.47. The molecule has 0 atom stereocenters. The van der Waals surface area contributed by atoms with Crippen LogP contribution in [0.15, 0.2) is 47.6 Å². The monoisotopic (exact) mass is 292 g/mol. The number of benzene rings is 2. The summed E-state index contributed by atoms with van der Waals surface area (Å²) in [6.45, 7) is -0.0133. The molecule has 0 radical (unpaired) electrons. The first-order valence-corrected chi connectivity index (χ1v) is 6.17. The summed E-state index contributed by atoms with van der Waals surface area (Å²) in [4.78, 5) is 0. The summed E-state index contributed by atoms with van der Waals surface area (Å²) < 4.78 is 5.62. The van der Waals surface area contributed by atoms with Crippen LogP contribution in [0.2, 0.25) is 5.02 Å². The van der Waals surface area contributed by atoms with Crippen molar-refractivity contribution in [2.24, 2.45) is 10.9 Å². The highest BCUT2D eigenvalue weighted by Gasteiger charge is 2.07. The molecule has 0 saturated heterocycles. The van der Waals surface area contributed by atoms with Gasteiger partial charge in [-0.2, -0.15) is 0 Å². The van der Waals surface area contributed by atoms with Crippen molar-refractivity contribution < 1.29 is 15.1 Å². The number of hydrogen-bond donors (Lipinski definition) is 3. The summed E-state index contributed by atoms with van der Waals surface area (Å²) in [5.41, 5.74) is 6.71. The zero-order valence-corrected chi connectivity index (χ0v) is 11.2. The summed E-state index contributed by atoms with van der Waals surface area (Å²) in [6.07, 6.45) is 0. The number of nitrogens with two attached hydrogens (primary N) is 1. The van der Waals surface area contributed by atoms with Gasteiger partial charge >= 0.3 is 0 Å². The topological polar surface area (TPSA) is 88.1 Å². The quantitative estimate of drug-likeness (QED) is 0.350. The lowest BCUT2D eigenvalue weighted by Gasteiger charge is -2.08. The highest BCUT2D eigenvalue weighted by Crippen LogP contribution is 2.27. The van der Waals surface area contributed by atoms with Gasteiger partial charge in [0.05, 0.1) is 11.6 Å². The molecule has 2 rings (SSSR count). The Bertz CT molecular complexity index is 627. The second-order valence-electron chi connectivity index (χ2n) is 4.03. The maximum absolute atomic E-state index is 8.96. The van der Waals surface area contributed by atoms with Crippen LogP contribution in [-0.4, -0.2) is 16.1 Å². The molecule has 2 aromatic rings. The number of aliphatic hydroxyl groups excluding tert-OH is 1. The molecule has 4 N–H and O–H groups in total. The van der Waals surface area contributed by atoms with Gasteiger partial charge in [0.25, 0.3) is 0 Å². The second kappa shape index (κ2) is 6.27. The van der Waals surface area contributed by atoms with Crippen LogP contribution in [0.4, 0.5) is 0 Å². The van der Waals surface area contributed by atoms with E-state index in [1.54, 1.807) is 42.5 Å². The molecule has 104 valence electrons. The minimum absolute atomic E-state index is 0.0133. The van der Waals surface area contributed by atoms with E-state index in [4.69, 9.17) is 32.4 Å². The lowest BCUT2D eigenvalue weighted by Crippen LogP contribution is -2.13. The van der Waals surface area contributed by atoms with Crippen molar-refractivity contribution in [3.63, 3.8) is 0 Å². The molecule has 0 aliphatic rings. The Kier molecular flexibility index (Phi) is 4.45. The molecule has 0 bridgehead atoms. The van der Waals surface area contributed by atoms with Crippen LogP contribution in [0.25, 0.3) is 0 Å². The predicted octanol–water partition coefficient (Wildman–Crippen LogP) is 2.72. The van der Waals surface area contributed by atoms with Gasteiger partial charge in [-0.15, -0.1) is 0 Å². The van der Waals surface area contributed by atoms with E-state index in [0.717, 1.165) is 5.56 Å². The Labute approximate surface area is 120 Å². The number of halogens is 1. The van der Waals surface area contributed by atoms with E-state index >= 15 is 0 Å². The predicted molar refractivity (Wildman–Crippen MR) is 76.4 cm³/mol. The van der Waals surface area contributed by atoms with Gasteiger partial charge < -0.3 is 20.8 Å². The summed E-state index contributed by atoms with van der Waals surface area (Å²) in [6, 6.07) is 11.9. The minimum Gasteiger partial charge on any atom is -0.457 e. The normalized spacial score (nSPS) is 11.4. The Hall–Kier alpha value is -2.24. The van der Waals surface area contributed by atoms with Crippen LogP contribution < -0.4 is 10.5 Å². The van der Waals surface area contributed by atoms with Crippen molar-refractivity contribution in [2.45, 2.75) is 6.61 Å². The van der Waals surface area contributed by atoms with Crippen LogP contribution >= 0.6 is 11.6 Å². The molecule has 0 spiro atoms. The van der Waals surface area contributed by atoms with Gasteiger partial charge in [-0.25, -0.2) is 0 Å². The highest BCUT2D eigenvalue weighted by atomic mass is 35.5. The van der Waals surface area contributed by atoms with Gasteiger partial charge in [0.15, 0.2) is 5.84 Å². The third kappa shape index (κ3) is 3.20. The maximum atomic E-state index is 8.96. The largest absolute Gasteiger partial charge is 0.457 e. The fourth-order valence-electron chi connectivity index (χ4n) is 1.62. The van der Waals surface area contributed by atoms with Gasteiger partial charge in [-0.05, 0) is 29.8 Å². The third-order valence-corrected chi connectivity index (χ3v) is 2.98. The van der Waals surface area contributed by atoms with E-state index < -0.39 is 0 Å². The van der Waals surface area contributed by atoms with Gasteiger partial charge in [-0.1, -0.05) is 28.9 Å². The first-order chi connectivity index (χ1) is 9.63. The molecule has 0 aliphatic carbocycles. The molecular weight excluding hydrogens is 280 g/mol. The fourth-order valence-corrected chi connectivity index (χ4v) is 1.89. The molecule has 20 heavy (non-hydrogen) atoms. The number of oxime groups is 1. The lowest BCUT2D eigenvalue weighted by atomic mass is 10.2. The molecule has 0 aliphatic heterocycles. The second-order valence-corrected chi connectivity index (χ2v) is 4.44. The van der Waals surface area contributed by atoms with Crippen LogP contribution in [-0.2, 0) is 6.61 Å². The Morgan fingerprint density at radius 3 is 2.35 bits per heavy atom. The smallest absolute Gasteiger partial charge is 0.171 e. The summed E-state index contributed by atoms with van der Waals surface area (Å²) in [5, 5.41) is 20.8. The van der Waals surface area contributed by atoms with Crippen molar-refractivity contribution in [1.29, 1.82) is 0 Å². The summed E-state index contributed by atoms with van der Waals surface area (Å²) >= 11 is 6.03. The van der Waals surface area contributed by atoms with E-state index in [2.05, 4.69) is 5.16 Å². The number of aliphatic hydroxyl groups is 1. The van der Waals surface area contributed by atoms with E-state index in [1.807, 2.05) is 0 Å². The molecule has 0 saturated carbocycles. The van der Waals surface area contributed by atoms with E-state index in [0.29, 0.717) is 22.1 Å². The molecule has 0 unspecified atom stereocenters. The van der Waals surface area contributed by atoms with Crippen molar-refractivity contribution in [1.82, 2.24) is 0 Å². The minimum atomic E-state index is -0.0613. The maximum Gasteiger partial charge on any atom is 0.171 e. The average molecular weight is 293 g/mol. The SMILES string of the molecule is NC(=NO)c1ccc(Oc2ccc(CO)cc2)cc1Cl. The van der Waals surface area contributed by atoms with Gasteiger partial charge in [0.2, 0.25) is 0 Å². The number of amidine groups is 1. The Balaban J connectivity index is 2.19. The van der Waals surface area contributed by atoms with Crippen molar-refractivity contribution in [2.75, 3.05) is 0 Å². The van der Waals surface area contributed by atoms with Crippen LogP contribution in [0, 0.1) is 0 Å². The highest BCUT2D eigenvalue weighted by molar-refractivity contribution is 6.34. The van der Waals surface area contributed by atoms with Gasteiger partial charge in [0.1, 0.15) is 11.5 Å². The molecule has 5 nitrogen and oxygen atoms in total. The van der Waals surface area contributed by atoms with E-state index in [9.17, 15) is 0 Å². The molecule has 0 heterocycles. The summed E-state index contributed by atoms with van der Waals surface area (Å²) in [7, 11) is 0. The number of ether oxygens (including phenoxy) is 1. The lowest BCUT2D eigenvalue weighted by molar-refractivity contribution is 0.281. The van der Waals surface area contributed by atoms with Gasteiger partial charge in [0, 0.05) is 11.6 Å². The van der Waals surface area contributed by atoms with Crippen molar-refractivity contribution in [3.8, 4) is 11.5 Å². The molecule has 0 fully saturated rings. The standard InChI is InChI=1S/C14H13ClN2O3/c15-13-7-11(5-6-12(13)14(16)17-19)20-10-3-1-9(8-18)2-4-10/h1-7,18-19H,8H2,(H2,16,17). The molecule has 6 heteroatoms. The van der Waals surface area contributed by atoms with E-state index in [1.165, 1.54) is 0 Å². The van der Waals surface area contributed by atoms with Crippen molar-refractivity contribution >= 4 is 17.4 Å². The molecule has 2 aromatic carbocycles. The fraction of sp³-hybridized carbons (Fsp3) is 0.0714. The zero-order valence-electron chi connectivity index (χ0n) is 10.5. The van der Waals surface area contributed by atoms with Crippen LogP contribution in [0.1, 0.15) is 11.1 Å². The number of nitrogens with zero attached hydrogens (tertiary/aromatic N) is 1. The third-order valence-electron chi connectivity index (χ3n) is 2.67. The molecular formula is C14H13ClN2O3. The molecule has 0 aromatic heterocycles. The first kappa shape index (κ1) is 14.2.